The lowest BCUT2D eigenvalue weighted by Crippen LogP contribution is -2.39. The molecule has 0 fully saturated rings. The number of terminal acetylenes is 1. The van der Waals surface area contributed by atoms with Crippen LogP contribution in [0.15, 0.2) is 30.6 Å². The van der Waals surface area contributed by atoms with Crippen molar-refractivity contribution < 1.29 is 0 Å². The van der Waals surface area contributed by atoms with Crippen molar-refractivity contribution in [2.75, 3.05) is 0 Å². The number of hydrogen-bond donors (Lipinski definition) is 1. The highest BCUT2D eigenvalue weighted by Crippen LogP contribution is 2.18. The van der Waals surface area contributed by atoms with Crippen LogP contribution in [0.25, 0.3) is 5.69 Å². The molecule has 0 aliphatic carbocycles. The number of nitrogens with one attached hydrogen (secondary N) is 1. The predicted molar refractivity (Wildman–Crippen MR) is 73.6 cm³/mol. The highest BCUT2D eigenvalue weighted by atomic mass is 15.5. The normalized spacial score (nSPS) is 12.9. The Morgan fingerprint density at radius 3 is 2.84 bits per heavy atom. The number of hydrogen-bond acceptors (Lipinski definition) is 4. The van der Waals surface area contributed by atoms with Gasteiger partial charge >= 0.3 is 0 Å². The molecule has 1 aromatic carbocycles. The van der Waals surface area contributed by atoms with E-state index in [2.05, 4.69) is 39.8 Å². The molecule has 5 nitrogen and oxygen atoms in total. The fourth-order valence-corrected chi connectivity index (χ4v) is 1.88. The lowest BCUT2D eigenvalue weighted by molar-refractivity contribution is 0.431. The van der Waals surface area contributed by atoms with Crippen molar-refractivity contribution in [3.63, 3.8) is 0 Å². The van der Waals surface area contributed by atoms with Crippen LogP contribution >= 0.6 is 0 Å². The van der Waals surface area contributed by atoms with Crippen molar-refractivity contribution in [3.05, 3.63) is 36.2 Å². The second-order valence-electron chi connectivity index (χ2n) is 4.98. The largest absolute Gasteiger partial charge is 0.295 e. The monoisotopic (exact) mass is 255 g/mol. The van der Waals surface area contributed by atoms with Gasteiger partial charge in [-0.05, 0) is 48.9 Å². The molecule has 5 heteroatoms. The maximum Gasteiger partial charge on any atom is 0.143 e. The Morgan fingerprint density at radius 2 is 2.21 bits per heavy atom. The zero-order chi connectivity index (χ0) is 13.9. The molecule has 0 radical (unpaired) electrons. The van der Waals surface area contributed by atoms with Crippen LogP contribution in [-0.2, 0) is 0 Å². The van der Waals surface area contributed by atoms with Gasteiger partial charge in [-0.3, -0.25) is 5.32 Å². The third-order valence-corrected chi connectivity index (χ3v) is 2.92. The summed E-state index contributed by atoms with van der Waals surface area (Å²) in [6.45, 7) is 6.04. The van der Waals surface area contributed by atoms with Gasteiger partial charge < -0.3 is 0 Å². The summed E-state index contributed by atoms with van der Waals surface area (Å²) in [5.74, 6) is 2.74. The average Bonchev–Trinajstić information content (AvgIpc) is 2.92. The van der Waals surface area contributed by atoms with Crippen LogP contribution in [0.3, 0.4) is 0 Å². The maximum absolute atomic E-state index is 5.50. The minimum atomic E-state index is -0.343. The van der Waals surface area contributed by atoms with E-state index in [-0.39, 0.29) is 11.6 Å². The molecule has 1 aromatic heterocycles. The summed E-state index contributed by atoms with van der Waals surface area (Å²) in [5.41, 5.74) is 1.72. The van der Waals surface area contributed by atoms with Crippen molar-refractivity contribution in [1.29, 1.82) is 0 Å². The Kier molecular flexibility index (Phi) is 3.63. The molecule has 98 valence electrons. The minimum absolute atomic E-state index is 0.141. The van der Waals surface area contributed by atoms with Crippen LogP contribution in [0.4, 0.5) is 0 Å². The molecular formula is C14H17N5. The van der Waals surface area contributed by atoms with Crippen LogP contribution in [-0.4, -0.2) is 25.7 Å². The molecule has 0 saturated carbocycles. The highest BCUT2D eigenvalue weighted by molar-refractivity contribution is 5.36. The first kappa shape index (κ1) is 13.2. The summed E-state index contributed by atoms with van der Waals surface area (Å²) >= 11 is 0. The number of benzene rings is 1. The van der Waals surface area contributed by atoms with Crippen LogP contribution < -0.4 is 5.32 Å². The summed E-state index contributed by atoms with van der Waals surface area (Å²) in [4.78, 5) is 0. The fraction of sp³-hybridized carbons (Fsp3) is 0.357. The first-order chi connectivity index (χ1) is 9.02. The number of aromatic nitrogens is 4. The molecule has 0 saturated heterocycles. The standard InChI is InChI=1S/C14H17N5/c1-5-14(3,4)16-11(2)12-7-6-8-13(9-12)19-10-15-17-18-19/h1,6-11,16H,2-4H3. The second-order valence-corrected chi connectivity index (χ2v) is 4.98. The molecule has 2 rings (SSSR count). The first-order valence-corrected chi connectivity index (χ1v) is 6.10. The quantitative estimate of drug-likeness (QED) is 0.845. The molecule has 0 amide bonds. The molecular weight excluding hydrogens is 238 g/mol. The van der Waals surface area contributed by atoms with Gasteiger partial charge in [0.2, 0.25) is 0 Å². The Hall–Kier alpha value is -2.19. The molecule has 0 spiro atoms. The van der Waals surface area contributed by atoms with Gasteiger partial charge in [-0.25, -0.2) is 4.68 Å². The van der Waals surface area contributed by atoms with E-state index in [1.165, 1.54) is 0 Å². The van der Waals surface area contributed by atoms with Crippen LogP contribution in [0.2, 0.25) is 0 Å². The summed E-state index contributed by atoms with van der Waals surface area (Å²) in [5, 5.41) is 14.6. The lowest BCUT2D eigenvalue weighted by Gasteiger charge is -2.25. The minimum Gasteiger partial charge on any atom is -0.295 e. The van der Waals surface area contributed by atoms with Crippen molar-refractivity contribution in [3.8, 4) is 18.0 Å². The van der Waals surface area contributed by atoms with E-state index < -0.39 is 0 Å². The Bertz CT molecular complexity index is 580. The van der Waals surface area contributed by atoms with Gasteiger partial charge in [-0.15, -0.1) is 11.5 Å². The number of nitrogens with zero attached hydrogens (tertiary/aromatic N) is 4. The van der Waals surface area contributed by atoms with Crippen molar-refractivity contribution >= 4 is 0 Å². The summed E-state index contributed by atoms with van der Waals surface area (Å²) in [6, 6.07) is 8.17. The fourth-order valence-electron chi connectivity index (χ4n) is 1.88. The molecule has 19 heavy (non-hydrogen) atoms. The first-order valence-electron chi connectivity index (χ1n) is 6.10. The zero-order valence-electron chi connectivity index (χ0n) is 11.3. The van der Waals surface area contributed by atoms with E-state index in [4.69, 9.17) is 6.42 Å². The lowest BCUT2D eigenvalue weighted by atomic mass is 10.0. The Balaban J connectivity index is 2.22. The second kappa shape index (κ2) is 5.21. The van der Waals surface area contributed by atoms with Crippen LogP contribution in [0.1, 0.15) is 32.4 Å². The zero-order valence-corrected chi connectivity index (χ0v) is 11.3. The van der Waals surface area contributed by atoms with Crippen LogP contribution in [0.5, 0.6) is 0 Å². The van der Waals surface area contributed by atoms with Crippen molar-refractivity contribution in [2.24, 2.45) is 0 Å². The van der Waals surface area contributed by atoms with E-state index in [0.717, 1.165) is 11.3 Å². The third kappa shape index (κ3) is 3.18. The van der Waals surface area contributed by atoms with E-state index in [0.29, 0.717) is 0 Å². The van der Waals surface area contributed by atoms with Crippen molar-refractivity contribution in [1.82, 2.24) is 25.5 Å². The van der Waals surface area contributed by atoms with Crippen LogP contribution in [0, 0.1) is 12.3 Å². The van der Waals surface area contributed by atoms with Gasteiger partial charge in [0.05, 0.1) is 11.2 Å². The molecule has 0 aliphatic rings. The number of rotatable bonds is 4. The number of tetrazole rings is 1. The SMILES string of the molecule is C#CC(C)(C)NC(C)c1cccc(-n2cnnn2)c1. The van der Waals surface area contributed by atoms with Gasteiger partial charge in [0.25, 0.3) is 0 Å². The summed E-state index contributed by atoms with van der Waals surface area (Å²) < 4.78 is 1.63. The highest BCUT2D eigenvalue weighted by Gasteiger charge is 2.17. The van der Waals surface area contributed by atoms with E-state index >= 15 is 0 Å². The van der Waals surface area contributed by atoms with Gasteiger partial charge in [-0.1, -0.05) is 18.1 Å². The summed E-state index contributed by atoms with van der Waals surface area (Å²) in [7, 11) is 0. The van der Waals surface area contributed by atoms with E-state index in [9.17, 15) is 0 Å². The molecule has 0 bridgehead atoms. The molecule has 2 aromatic rings. The molecule has 0 aliphatic heterocycles. The topological polar surface area (TPSA) is 55.6 Å². The van der Waals surface area contributed by atoms with Gasteiger partial charge in [0.1, 0.15) is 6.33 Å². The molecule has 1 unspecified atom stereocenters. The molecule has 1 atom stereocenters. The summed E-state index contributed by atoms with van der Waals surface area (Å²) in [6.07, 6.45) is 7.07. The predicted octanol–water partition coefficient (Wildman–Crippen LogP) is 1.72. The van der Waals surface area contributed by atoms with E-state index in [1.54, 1.807) is 11.0 Å². The molecule has 1 N–H and O–H groups in total. The van der Waals surface area contributed by atoms with Crippen molar-refractivity contribution in [2.45, 2.75) is 32.4 Å². The third-order valence-electron chi connectivity index (χ3n) is 2.92. The molecule has 1 heterocycles. The maximum atomic E-state index is 5.50. The smallest absolute Gasteiger partial charge is 0.143 e. The Morgan fingerprint density at radius 1 is 1.42 bits per heavy atom. The van der Waals surface area contributed by atoms with Gasteiger partial charge in [0.15, 0.2) is 0 Å². The van der Waals surface area contributed by atoms with Gasteiger partial charge in [0, 0.05) is 6.04 Å². The average molecular weight is 255 g/mol. The van der Waals surface area contributed by atoms with E-state index in [1.807, 2.05) is 32.0 Å². The Labute approximate surface area is 113 Å². The van der Waals surface area contributed by atoms with Gasteiger partial charge in [-0.2, -0.15) is 0 Å².